The highest BCUT2D eigenvalue weighted by Crippen LogP contribution is 2.01. The lowest BCUT2D eigenvalue weighted by Crippen LogP contribution is -2.13. The lowest BCUT2D eigenvalue weighted by atomic mass is 10.4. The van der Waals surface area contributed by atoms with Crippen molar-refractivity contribution in [2.45, 2.75) is 0 Å². The van der Waals surface area contributed by atoms with E-state index in [0.29, 0.717) is 19.0 Å². The van der Waals surface area contributed by atoms with E-state index in [2.05, 4.69) is 15.3 Å². The molecule has 0 aliphatic rings. The molecule has 0 aliphatic heterocycles. The van der Waals surface area contributed by atoms with Crippen LogP contribution in [0.3, 0.4) is 0 Å². The zero-order valence-corrected chi connectivity index (χ0v) is 8.59. The van der Waals surface area contributed by atoms with Gasteiger partial charge < -0.3 is 20.3 Å². The first-order valence-electron chi connectivity index (χ1n) is 4.72. The Balaban J connectivity index is 2.36. The smallest absolute Gasteiger partial charge is 0.356 e. The molecule has 3 N–H and O–H groups in total. The van der Waals surface area contributed by atoms with E-state index in [1.807, 2.05) is 0 Å². The van der Waals surface area contributed by atoms with Crippen LogP contribution in [0.25, 0.3) is 0 Å². The Morgan fingerprint density at radius 1 is 1.44 bits per heavy atom. The van der Waals surface area contributed by atoms with Gasteiger partial charge >= 0.3 is 5.97 Å². The highest BCUT2D eigenvalue weighted by atomic mass is 16.5. The average molecular weight is 227 g/mol. The first-order valence-corrected chi connectivity index (χ1v) is 4.72. The summed E-state index contributed by atoms with van der Waals surface area (Å²) >= 11 is 0. The zero-order chi connectivity index (χ0) is 11.8. The van der Waals surface area contributed by atoms with Crippen LogP contribution in [-0.4, -0.2) is 52.5 Å². The average Bonchev–Trinajstić information content (AvgIpc) is 2.29. The number of aliphatic hydroxyl groups excluding tert-OH is 1. The molecule has 1 rings (SSSR count). The Bertz CT molecular complexity index is 345. The van der Waals surface area contributed by atoms with Crippen LogP contribution in [0.15, 0.2) is 12.4 Å². The van der Waals surface area contributed by atoms with Gasteiger partial charge in [-0.3, -0.25) is 4.98 Å². The Labute approximate surface area is 92.1 Å². The molecule has 7 nitrogen and oxygen atoms in total. The summed E-state index contributed by atoms with van der Waals surface area (Å²) in [6, 6.07) is 0. The minimum atomic E-state index is -1.12. The fourth-order valence-electron chi connectivity index (χ4n) is 0.972. The van der Waals surface area contributed by atoms with Crippen LogP contribution >= 0.6 is 0 Å². The topological polar surface area (TPSA) is 105 Å². The third-order valence-electron chi connectivity index (χ3n) is 1.64. The number of carbonyl (C=O) groups is 1. The minimum absolute atomic E-state index is 0.0195. The third-order valence-corrected chi connectivity index (χ3v) is 1.64. The van der Waals surface area contributed by atoms with Gasteiger partial charge in [0.15, 0.2) is 5.69 Å². The molecule has 88 valence electrons. The van der Waals surface area contributed by atoms with E-state index in [1.165, 1.54) is 12.4 Å². The summed E-state index contributed by atoms with van der Waals surface area (Å²) < 4.78 is 5.01. The molecule has 0 bridgehead atoms. The number of carboxylic acids is 1. The van der Waals surface area contributed by atoms with Gasteiger partial charge in [-0.05, 0) is 0 Å². The largest absolute Gasteiger partial charge is 0.476 e. The molecule has 1 aromatic rings. The summed E-state index contributed by atoms with van der Waals surface area (Å²) in [5.41, 5.74) is -0.110. The van der Waals surface area contributed by atoms with Crippen LogP contribution in [0.1, 0.15) is 10.5 Å². The molecule has 0 spiro atoms. The summed E-state index contributed by atoms with van der Waals surface area (Å²) in [5, 5.41) is 20.0. The monoisotopic (exact) mass is 227 g/mol. The number of aromatic carboxylic acids is 1. The Hall–Kier alpha value is -1.73. The van der Waals surface area contributed by atoms with Gasteiger partial charge in [0, 0.05) is 6.54 Å². The standard InChI is InChI=1S/C9H13N3O4/c13-2-4-16-3-1-11-8-6-10-5-7(12-8)9(14)15/h5-6,13H,1-4H2,(H,11,12)(H,14,15). The first-order chi connectivity index (χ1) is 7.74. The second-order valence-corrected chi connectivity index (χ2v) is 2.86. The summed E-state index contributed by atoms with van der Waals surface area (Å²) in [7, 11) is 0. The number of anilines is 1. The number of hydrogen-bond acceptors (Lipinski definition) is 6. The summed E-state index contributed by atoms with van der Waals surface area (Å²) in [5.74, 6) is -0.736. The molecule has 0 atom stereocenters. The van der Waals surface area contributed by atoms with Crippen LogP contribution in [0.4, 0.5) is 5.82 Å². The van der Waals surface area contributed by atoms with Crippen molar-refractivity contribution in [2.24, 2.45) is 0 Å². The van der Waals surface area contributed by atoms with E-state index in [-0.39, 0.29) is 18.9 Å². The normalized spacial score (nSPS) is 10.1. The van der Waals surface area contributed by atoms with E-state index < -0.39 is 5.97 Å². The fraction of sp³-hybridized carbons (Fsp3) is 0.444. The van der Waals surface area contributed by atoms with Gasteiger partial charge in [-0.25, -0.2) is 9.78 Å². The molecular formula is C9H13N3O4. The number of nitrogens with zero attached hydrogens (tertiary/aromatic N) is 2. The minimum Gasteiger partial charge on any atom is -0.476 e. The van der Waals surface area contributed by atoms with Crippen molar-refractivity contribution < 1.29 is 19.7 Å². The Morgan fingerprint density at radius 2 is 2.25 bits per heavy atom. The number of carboxylic acid groups (broad SMARTS) is 1. The van der Waals surface area contributed by atoms with Crippen molar-refractivity contribution in [2.75, 3.05) is 31.7 Å². The number of hydrogen-bond donors (Lipinski definition) is 3. The predicted molar refractivity (Wildman–Crippen MR) is 55.4 cm³/mol. The second kappa shape index (κ2) is 6.70. The molecule has 0 radical (unpaired) electrons. The molecule has 0 saturated heterocycles. The summed E-state index contributed by atoms with van der Waals surface area (Å²) in [6.45, 7) is 1.13. The Kier molecular flexibility index (Phi) is 5.17. The molecule has 7 heteroatoms. The molecule has 1 heterocycles. The number of nitrogens with one attached hydrogen (secondary N) is 1. The lowest BCUT2D eigenvalue weighted by Gasteiger charge is -2.05. The fourth-order valence-corrected chi connectivity index (χ4v) is 0.972. The second-order valence-electron chi connectivity index (χ2n) is 2.86. The predicted octanol–water partition coefficient (Wildman–Crippen LogP) is -0.404. The molecule has 0 aromatic carbocycles. The number of ether oxygens (including phenoxy) is 1. The molecule has 0 aliphatic carbocycles. The summed E-state index contributed by atoms with van der Waals surface area (Å²) in [6.07, 6.45) is 2.61. The molecule has 16 heavy (non-hydrogen) atoms. The first kappa shape index (κ1) is 12.3. The molecule has 1 aromatic heterocycles. The molecule has 0 saturated carbocycles. The highest BCUT2D eigenvalue weighted by molar-refractivity contribution is 5.85. The van der Waals surface area contributed by atoms with Crippen molar-refractivity contribution in [1.82, 2.24) is 9.97 Å². The number of rotatable bonds is 7. The van der Waals surface area contributed by atoms with Crippen LogP contribution in [0, 0.1) is 0 Å². The van der Waals surface area contributed by atoms with Gasteiger partial charge in [0.2, 0.25) is 0 Å². The van der Waals surface area contributed by atoms with Gasteiger partial charge in [-0.2, -0.15) is 0 Å². The van der Waals surface area contributed by atoms with E-state index >= 15 is 0 Å². The van der Waals surface area contributed by atoms with E-state index in [1.54, 1.807) is 0 Å². The van der Waals surface area contributed by atoms with Crippen LogP contribution < -0.4 is 5.32 Å². The van der Waals surface area contributed by atoms with Gasteiger partial charge in [0.1, 0.15) is 5.82 Å². The SMILES string of the molecule is O=C(O)c1cncc(NCCOCCO)n1. The maximum absolute atomic E-state index is 10.6. The summed E-state index contributed by atoms with van der Waals surface area (Å²) in [4.78, 5) is 18.1. The van der Waals surface area contributed by atoms with Crippen molar-refractivity contribution in [3.8, 4) is 0 Å². The van der Waals surface area contributed by atoms with Crippen LogP contribution in [0.5, 0.6) is 0 Å². The third kappa shape index (κ3) is 4.20. The van der Waals surface area contributed by atoms with Crippen molar-refractivity contribution in [3.05, 3.63) is 18.1 Å². The maximum Gasteiger partial charge on any atom is 0.356 e. The van der Waals surface area contributed by atoms with Gasteiger partial charge in [0.25, 0.3) is 0 Å². The van der Waals surface area contributed by atoms with Gasteiger partial charge in [-0.15, -0.1) is 0 Å². The molecule has 0 fully saturated rings. The molecule has 0 amide bonds. The number of aromatic nitrogens is 2. The zero-order valence-electron chi connectivity index (χ0n) is 8.59. The van der Waals surface area contributed by atoms with Crippen molar-refractivity contribution in [3.63, 3.8) is 0 Å². The molecule has 0 unspecified atom stereocenters. The van der Waals surface area contributed by atoms with Crippen LogP contribution in [-0.2, 0) is 4.74 Å². The number of aliphatic hydroxyl groups is 1. The Morgan fingerprint density at radius 3 is 2.94 bits per heavy atom. The molecular weight excluding hydrogens is 214 g/mol. The van der Waals surface area contributed by atoms with Gasteiger partial charge in [-0.1, -0.05) is 0 Å². The highest BCUT2D eigenvalue weighted by Gasteiger charge is 2.05. The van der Waals surface area contributed by atoms with E-state index in [0.717, 1.165) is 0 Å². The van der Waals surface area contributed by atoms with Crippen molar-refractivity contribution >= 4 is 11.8 Å². The van der Waals surface area contributed by atoms with Gasteiger partial charge in [0.05, 0.1) is 32.2 Å². The van der Waals surface area contributed by atoms with E-state index in [4.69, 9.17) is 14.9 Å². The quantitative estimate of drug-likeness (QED) is 0.544. The lowest BCUT2D eigenvalue weighted by molar-refractivity contribution is 0.0690. The van der Waals surface area contributed by atoms with Crippen molar-refractivity contribution in [1.29, 1.82) is 0 Å². The maximum atomic E-state index is 10.6. The van der Waals surface area contributed by atoms with Crippen LogP contribution in [0.2, 0.25) is 0 Å². The van der Waals surface area contributed by atoms with E-state index in [9.17, 15) is 4.79 Å².